The number of hydrogen-bond acceptors (Lipinski definition) is 4. The van der Waals surface area contributed by atoms with Crippen molar-refractivity contribution in [3.05, 3.63) is 76.4 Å². The van der Waals surface area contributed by atoms with E-state index in [4.69, 9.17) is 27.9 Å². The van der Waals surface area contributed by atoms with Crippen LogP contribution in [-0.4, -0.2) is 30.4 Å². The van der Waals surface area contributed by atoms with Crippen molar-refractivity contribution in [3.63, 3.8) is 0 Å². The average Bonchev–Trinajstić information content (AvgIpc) is 2.87. The van der Waals surface area contributed by atoms with Gasteiger partial charge in [0, 0.05) is 28.9 Å². The van der Waals surface area contributed by atoms with Gasteiger partial charge in [-0.25, -0.2) is 0 Å². The van der Waals surface area contributed by atoms with Crippen LogP contribution in [0.5, 0.6) is 5.75 Å². The van der Waals surface area contributed by atoms with Crippen molar-refractivity contribution in [3.8, 4) is 5.75 Å². The molecule has 1 N–H and O–H groups in total. The molecule has 0 unspecified atom stereocenters. The Bertz CT molecular complexity index is 969. The van der Waals surface area contributed by atoms with Gasteiger partial charge in [-0.1, -0.05) is 41.4 Å². The molecule has 1 aliphatic heterocycles. The highest BCUT2D eigenvalue weighted by Gasteiger charge is 2.39. The number of rotatable bonds is 6. The summed E-state index contributed by atoms with van der Waals surface area (Å²) in [7, 11) is 1.55. The monoisotopic (exact) mass is 402 g/mol. The molecule has 1 aliphatic rings. The maximum absolute atomic E-state index is 12.9. The Balaban J connectivity index is 2.12. The molecule has 1 heterocycles. The number of benzene rings is 2. The summed E-state index contributed by atoms with van der Waals surface area (Å²) in [4.78, 5) is 26.9. The highest BCUT2D eigenvalue weighted by Crippen LogP contribution is 2.35. The van der Waals surface area contributed by atoms with Crippen molar-refractivity contribution in [2.24, 2.45) is 0 Å². The van der Waals surface area contributed by atoms with Gasteiger partial charge in [-0.15, -0.1) is 6.58 Å². The predicted octanol–water partition coefficient (Wildman–Crippen LogP) is 4.38. The SMILES string of the molecule is C=CCN1C(=O)C(Nc2cccc(OC)c2)=C(c2ccc(Cl)cc2Cl)C1=O. The van der Waals surface area contributed by atoms with Crippen molar-refractivity contribution >= 4 is 46.3 Å². The molecule has 2 amide bonds. The molecule has 3 rings (SSSR count). The molecule has 138 valence electrons. The van der Waals surface area contributed by atoms with Gasteiger partial charge in [-0.2, -0.15) is 0 Å². The number of methoxy groups -OCH3 is 1. The summed E-state index contributed by atoms with van der Waals surface area (Å²) in [6.07, 6.45) is 1.49. The van der Waals surface area contributed by atoms with Gasteiger partial charge in [0.25, 0.3) is 11.8 Å². The third-order valence-corrected chi connectivity index (χ3v) is 4.57. The lowest BCUT2D eigenvalue weighted by Crippen LogP contribution is -2.32. The van der Waals surface area contributed by atoms with Gasteiger partial charge in [0.05, 0.1) is 17.7 Å². The first kappa shape index (κ1) is 19.0. The molecule has 5 nitrogen and oxygen atoms in total. The second-order valence-corrected chi connectivity index (χ2v) is 6.58. The second kappa shape index (κ2) is 7.86. The number of nitrogens with one attached hydrogen (secondary N) is 1. The Morgan fingerprint density at radius 3 is 2.59 bits per heavy atom. The summed E-state index contributed by atoms with van der Waals surface area (Å²) in [6, 6.07) is 11.8. The minimum absolute atomic E-state index is 0.0929. The molecular weight excluding hydrogens is 387 g/mol. The minimum atomic E-state index is -0.455. The molecule has 0 radical (unpaired) electrons. The second-order valence-electron chi connectivity index (χ2n) is 5.74. The zero-order chi connectivity index (χ0) is 19.6. The Kier molecular flexibility index (Phi) is 5.54. The summed E-state index contributed by atoms with van der Waals surface area (Å²) in [6.45, 7) is 3.70. The highest BCUT2D eigenvalue weighted by molar-refractivity contribution is 6.41. The zero-order valence-electron chi connectivity index (χ0n) is 14.5. The van der Waals surface area contributed by atoms with Crippen LogP contribution in [0.15, 0.2) is 60.8 Å². The number of halogens is 2. The fourth-order valence-corrected chi connectivity index (χ4v) is 3.28. The molecule has 2 aromatic rings. The zero-order valence-corrected chi connectivity index (χ0v) is 16.0. The Labute approximate surface area is 166 Å². The Morgan fingerprint density at radius 2 is 1.93 bits per heavy atom. The lowest BCUT2D eigenvalue weighted by molar-refractivity contribution is -0.136. The van der Waals surface area contributed by atoms with Gasteiger partial charge >= 0.3 is 0 Å². The summed E-state index contributed by atoms with van der Waals surface area (Å²) in [5.41, 5.74) is 1.36. The van der Waals surface area contributed by atoms with Crippen LogP contribution in [0.3, 0.4) is 0 Å². The van der Waals surface area contributed by atoms with Gasteiger partial charge in [0.1, 0.15) is 11.4 Å². The number of hydrogen-bond donors (Lipinski definition) is 1. The number of ether oxygens (including phenoxy) is 1. The van der Waals surface area contributed by atoms with Gasteiger partial charge < -0.3 is 10.1 Å². The van der Waals surface area contributed by atoms with E-state index in [0.717, 1.165) is 4.90 Å². The lowest BCUT2D eigenvalue weighted by atomic mass is 10.0. The normalized spacial score (nSPS) is 14.0. The molecule has 0 saturated heterocycles. The van der Waals surface area contributed by atoms with E-state index in [1.807, 2.05) is 0 Å². The van der Waals surface area contributed by atoms with E-state index >= 15 is 0 Å². The molecule has 0 atom stereocenters. The fourth-order valence-electron chi connectivity index (χ4n) is 2.77. The van der Waals surface area contributed by atoms with Crippen molar-refractivity contribution < 1.29 is 14.3 Å². The summed E-state index contributed by atoms with van der Waals surface area (Å²) >= 11 is 12.3. The molecule has 27 heavy (non-hydrogen) atoms. The first-order valence-corrected chi connectivity index (χ1v) is 8.79. The molecular formula is C20H16Cl2N2O3. The predicted molar refractivity (Wildman–Crippen MR) is 107 cm³/mol. The summed E-state index contributed by atoms with van der Waals surface area (Å²) in [5.74, 6) is -0.287. The molecule has 0 saturated carbocycles. The number of carbonyl (C=O) groups excluding carboxylic acids is 2. The minimum Gasteiger partial charge on any atom is -0.497 e. The number of amides is 2. The van der Waals surface area contributed by atoms with Gasteiger partial charge in [-0.3, -0.25) is 14.5 Å². The largest absolute Gasteiger partial charge is 0.497 e. The van der Waals surface area contributed by atoms with Crippen LogP contribution in [0, 0.1) is 0 Å². The van der Waals surface area contributed by atoms with Crippen LogP contribution >= 0.6 is 23.2 Å². The molecule has 0 bridgehead atoms. The lowest BCUT2D eigenvalue weighted by Gasteiger charge is -2.12. The van der Waals surface area contributed by atoms with Crippen molar-refractivity contribution in [2.75, 3.05) is 19.0 Å². The molecule has 0 fully saturated rings. The van der Waals surface area contributed by atoms with Crippen LogP contribution in [0.1, 0.15) is 5.56 Å². The van der Waals surface area contributed by atoms with Crippen LogP contribution in [-0.2, 0) is 9.59 Å². The third kappa shape index (κ3) is 3.70. The number of nitrogens with zero attached hydrogens (tertiary/aromatic N) is 1. The molecule has 2 aromatic carbocycles. The smallest absolute Gasteiger partial charge is 0.278 e. The van der Waals surface area contributed by atoms with Gasteiger partial charge in [-0.05, 0) is 24.3 Å². The highest BCUT2D eigenvalue weighted by atomic mass is 35.5. The quantitative estimate of drug-likeness (QED) is 0.575. The molecule has 0 aromatic heterocycles. The third-order valence-electron chi connectivity index (χ3n) is 4.02. The molecule has 7 heteroatoms. The van der Waals surface area contributed by atoms with Crippen LogP contribution < -0.4 is 10.1 Å². The van der Waals surface area contributed by atoms with Crippen LogP contribution in [0.2, 0.25) is 10.0 Å². The maximum Gasteiger partial charge on any atom is 0.278 e. The van der Waals surface area contributed by atoms with E-state index in [1.54, 1.807) is 43.5 Å². The van der Waals surface area contributed by atoms with E-state index in [-0.39, 0.29) is 22.8 Å². The number of carbonyl (C=O) groups is 2. The van der Waals surface area contributed by atoms with E-state index in [2.05, 4.69) is 11.9 Å². The van der Waals surface area contributed by atoms with Crippen LogP contribution in [0.4, 0.5) is 5.69 Å². The van der Waals surface area contributed by atoms with E-state index < -0.39 is 11.8 Å². The average molecular weight is 403 g/mol. The van der Waals surface area contributed by atoms with E-state index in [1.165, 1.54) is 12.1 Å². The molecule has 0 aliphatic carbocycles. The maximum atomic E-state index is 12.9. The standard InChI is InChI=1S/C20H16Cl2N2O3/c1-3-9-24-19(25)17(15-8-7-12(21)10-16(15)22)18(20(24)26)23-13-5-4-6-14(11-13)27-2/h3-8,10-11,23H,1,9H2,2H3. The van der Waals surface area contributed by atoms with Crippen molar-refractivity contribution in [1.29, 1.82) is 0 Å². The first-order chi connectivity index (χ1) is 13.0. The first-order valence-electron chi connectivity index (χ1n) is 8.04. The molecule has 0 spiro atoms. The Morgan fingerprint density at radius 1 is 1.15 bits per heavy atom. The number of anilines is 1. The van der Waals surface area contributed by atoms with Crippen LogP contribution in [0.25, 0.3) is 5.57 Å². The summed E-state index contributed by atoms with van der Waals surface area (Å²) < 4.78 is 5.20. The number of imide groups is 1. The van der Waals surface area contributed by atoms with Gasteiger partial charge in [0.2, 0.25) is 0 Å². The van der Waals surface area contributed by atoms with Gasteiger partial charge in [0.15, 0.2) is 0 Å². The van der Waals surface area contributed by atoms with E-state index in [9.17, 15) is 9.59 Å². The Hall–Kier alpha value is -2.76. The summed E-state index contributed by atoms with van der Waals surface area (Å²) in [5, 5.41) is 3.75. The van der Waals surface area contributed by atoms with Crippen molar-refractivity contribution in [1.82, 2.24) is 4.90 Å². The van der Waals surface area contributed by atoms with E-state index in [0.29, 0.717) is 22.0 Å². The van der Waals surface area contributed by atoms with Crippen molar-refractivity contribution in [2.45, 2.75) is 0 Å². The topological polar surface area (TPSA) is 58.6 Å². The fraction of sp³-hybridized carbons (Fsp3) is 0.100.